The highest BCUT2D eigenvalue weighted by molar-refractivity contribution is 5.33. The van der Waals surface area contributed by atoms with E-state index in [1.807, 2.05) is 6.07 Å². The van der Waals surface area contributed by atoms with E-state index < -0.39 is 0 Å². The summed E-state index contributed by atoms with van der Waals surface area (Å²) in [6, 6.07) is 6.25. The summed E-state index contributed by atoms with van der Waals surface area (Å²) in [5.74, 6) is 0.977. The minimum Gasteiger partial charge on any atom is -0.488 e. The van der Waals surface area contributed by atoms with E-state index in [0.717, 1.165) is 18.9 Å². The summed E-state index contributed by atoms with van der Waals surface area (Å²) in [6.45, 7) is 12.6. The summed E-state index contributed by atoms with van der Waals surface area (Å²) >= 11 is 0. The minimum absolute atomic E-state index is 0.284. The molecule has 0 radical (unpaired) electrons. The van der Waals surface area contributed by atoms with Crippen molar-refractivity contribution in [3.63, 3.8) is 0 Å². The van der Waals surface area contributed by atoms with Gasteiger partial charge in [0.25, 0.3) is 0 Å². The van der Waals surface area contributed by atoms with Gasteiger partial charge in [0.15, 0.2) is 0 Å². The van der Waals surface area contributed by atoms with Gasteiger partial charge in [-0.05, 0) is 57.9 Å². The second-order valence-corrected chi connectivity index (χ2v) is 5.45. The standard InChI is InChI=1S/C14H23NO/c1-11-6-7-13(10-12(11)2)16-9-8-15-14(3,4)5/h6-7,10,15H,8-9H2,1-5H3/p+1. The fourth-order valence-corrected chi connectivity index (χ4v) is 1.47. The van der Waals surface area contributed by atoms with Crippen molar-refractivity contribution < 1.29 is 10.1 Å². The number of benzene rings is 1. The number of aryl methyl sites for hydroxylation is 2. The Morgan fingerprint density at radius 3 is 2.38 bits per heavy atom. The predicted octanol–water partition coefficient (Wildman–Crippen LogP) is 2.04. The predicted molar refractivity (Wildman–Crippen MR) is 68.0 cm³/mol. The Labute approximate surface area is 99.0 Å². The molecule has 2 nitrogen and oxygen atoms in total. The van der Waals surface area contributed by atoms with Crippen LogP contribution in [0.3, 0.4) is 0 Å². The first kappa shape index (κ1) is 13.0. The van der Waals surface area contributed by atoms with Gasteiger partial charge in [0.1, 0.15) is 18.9 Å². The van der Waals surface area contributed by atoms with Crippen LogP contribution in [0.25, 0.3) is 0 Å². The Morgan fingerprint density at radius 1 is 1.12 bits per heavy atom. The molecule has 0 saturated heterocycles. The number of rotatable bonds is 4. The first-order valence-electron chi connectivity index (χ1n) is 5.93. The van der Waals surface area contributed by atoms with E-state index in [9.17, 15) is 0 Å². The molecule has 1 aromatic rings. The van der Waals surface area contributed by atoms with Gasteiger partial charge in [-0.2, -0.15) is 0 Å². The molecule has 0 aromatic heterocycles. The van der Waals surface area contributed by atoms with Crippen LogP contribution in [0.1, 0.15) is 31.9 Å². The monoisotopic (exact) mass is 222 g/mol. The second-order valence-electron chi connectivity index (χ2n) is 5.45. The lowest BCUT2D eigenvalue weighted by Gasteiger charge is -2.17. The van der Waals surface area contributed by atoms with Crippen LogP contribution in [0.15, 0.2) is 18.2 Å². The zero-order valence-corrected chi connectivity index (χ0v) is 11.1. The van der Waals surface area contributed by atoms with Gasteiger partial charge in [-0.1, -0.05) is 6.07 Å². The highest BCUT2D eigenvalue weighted by Crippen LogP contribution is 2.15. The fourth-order valence-electron chi connectivity index (χ4n) is 1.47. The Hall–Kier alpha value is -1.02. The first-order chi connectivity index (χ1) is 7.38. The third kappa shape index (κ3) is 4.67. The highest BCUT2D eigenvalue weighted by atomic mass is 16.5. The van der Waals surface area contributed by atoms with Crippen molar-refractivity contribution in [2.45, 2.75) is 40.2 Å². The summed E-state index contributed by atoms with van der Waals surface area (Å²) < 4.78 is 5.71. The van der Waals surface area contributed by atoms with Gasteiger partial charge in [-0.25, -0.2) is 0 Å². The Morgan fingerprint density at radius 2 is 1.81 bits per heavy atom. The number of hydrogen-bond donors (Lipinski definition) is 1. The zero-order chi connectivity index (χ0) is 12.2. The molecule has 0 bridgehead atoms. The van der Waals surface area contributed by atoms with Gasteiger partial charge in [0.2, 0.25) is 0 Å². The molecule has 0 unspecified atom stereocenters. The molecule has 1 rings (SSSR count). The van der Waals surface area contributed by atoms with E-state index in [1.54, 1.807) is 0 Å². The first-order valence-corrected chi connectivity index (χ1v) is 5.93. The quantitative estimate of drug-likeness (QED) is 0.775. The van der Waals surface area contributed by atoms with E-state index in [2.05, 4.69) is 52.1 Å². The maximum Gasteiger partial charge on any atom is 0.137 e. The topological polar surface area (TPSA) is 25.8 Å². The van der Waals surface area contributed by atoms with E-state index in [1.165, 1.54) is 11.1 Å². The molecule has 0 saturated carbocycles. The average Bonchev–Trinajstić information content (AvgIpc) is 2.17. The molecule has 0 aliphatic carbocycles. The van der Waals surface area contributed by atoms with Gasteiger partial charge in [-0.3, -0.25) is 0 Å². The number of ether oxygens (including phenoxy) is 1. The van der Waals surface area contributed by atoms with E-state index >= 15 is 0 Å². The van der Waals surface area contributed by atoms with Crippen LogP contribution in [0, 0.1) is 13.8 Å². The van der Waals surface area contributed by atoms with E-state index in [0.29, 0.717) is 0 Å². The molecule has 0 aliphatic heterocycles. The van der Waals surface area contributed by atoms with Crippen LogP contribution in [-0.4, -0.2) is 18.7 Å². The van der Waals surface area contributed by atoms with Crippen molar-refractivity contribution in [1.29, 1.82) is 0 Å². The molecule has 0 amide bonds. The van der Waals surface area contributed by atoms with Crippen molar-refractivity contribution >= 4 is 0 Å². The lowest BCUT2D eigenvalue weighted by Crippen LogP contribution is -2.95. The smallest absolute Gasteiger partial charge is 0.137 e. The maximum atomic E-state index is 5.71. The third-order valence-corrected chi connectivity index (χ3v) is 2.62. The lowest BCUT2D eigenvalue weighted by atomic mass is 10.1. The molecule has 0 spiro atoms. The van der Waals surface area contributed by atoms with Crippen LogP contribution >= 0.6 is 0 Å². The summed E-state index contributed by atoms with van der Waals surface area (Å²) in [6.07, 6.45) is 0. The van der Waals surface area contributed by atoms with Crippen molar-refractivity contribution in [1.82, 2.24) is 0 Å². The van der Waals surface area contributed by atoms with Crippen molar-refractivity contribution in [3.05, 3.63) is 29.3 Å². The molecule has 2 N–H and O–H groups in total. The Kier molecular flexibility index (Phi) is 4.36. The molecule has 0 atom stereocenters. The normalized spacial score (nSPS) is 11.6. The molecular formula is C14H24NO+. The molecule has 0 aliphatic rings. The summed E-state index contributed by atoms with van der Waals surface area (Å²) in [5.41, 5.74) is 2.89. The molecule has 2 heteroatoms. The molecule has 90 valence electrons. The van der Waals surface area contributed by atoms with E-state index in [-0.39, 0.29) is 5.54 Å². The highest BCUT2D eigenvalue weighted by Gasteiger charge is 2.11. The van der Waals surface area contributed by atoms with Crippen LogP contribution in [-0.2, 0) is 0 Å². The van der Waals surface area contributed by atoms with Crippen molar-refractivity contribution in [3.8, 4) is 5.75 Å². The summed E-state index contributed by atoms with van der Waals surface area (Å²) in [4.78, 5) is 0. The van der Waals surface area contributed by atoms with Gasteiger partial charge in [0.05, 0.1) is 5.54 Å². The molecule has 0 fully saturated rings. The van der Waals surface area contributed by atoms with Crippen LogP contribution in [0.4, 0.5) is 0 Å². The van der Waals surface area contributed by atoms with Crippen LogP contribution in [0.5, 0.6) is 5.75 Å². The zero-order valence-electron chi connectivity index (χ0n) is 11.1. The lowest BCUT2D eigenvalue weighted by molar-refractivity contribution is -0.717. The number of nitrogens with two attached hydrogens (primary N) is 1. The Bertz CT molecular complexity index is 339. The molecular weight excluding hydrogens is 198 g/mol. The molecule has 16 heavy (non-hydrogen) atoms. The van der Waals surface area contributed by atoms with Crippen molar-refractivity contribution in [2.75, 3.05) is 13.2 Å². The van der Waals surface area contributed by atoms with Crippen LogP contribution < -0.4 is 10.1 Å². The van der Waals surface area contributed by atoms with Gasteiger partial charge in [0, 0.05) is 0 Å². The largest absolute Gasteiger partial charge is 0.488 e. The van der Waals surface area contributed by atoms with Crippen molar-refractivity contribution in [2.24, 2.45) is 0 Å². The third-order valence-electron chi connectivity index (χ3n) is 2.62. The fraction of sp³-hybridized carbons (Fsp3) is 0.571. The number of quaternary nitrogens is 1. The molecule has 0 heterocycles. The van der Waals surface area contributed by atoms with E-state index in [4.69, 9.17) is 4.74 Å². The minimum atomic E-state index is 0.284. The van der Waals surface area contributed by atoms with Gasteiger partial charge < -0.3 is 10.1 Å². The summed E-state index contributed by atoms with van der Waals surface area (Å²) in [7, 11) is 0. The Balaban J connectivity index is 2.35. The molecule has 1 aromatic carbocycles. The van der Waals surface area contributed by atoms with Gasteiger partial charge >= 0.3 is 0 Å². The average molecular weight is 222 g/mol. The summed E-state index contributed by atoms with van der Waals surface area (Å²) in [5, 5.41) is 2.30. The van der Waals surface area contributed by atoms with Gasteiger partial charge in [-0.15, -0.1) is 0 Å². The SMILES string of the molecule is Cc1ccc(OCC[NH2+]C(C)(C)C)cc1C. The number of hydrogen-bond acceptors (Lipinski definition) is 1. The maximum absolute atomic E-state index is 5.71. The second kappa shape index (κ2) is 5.35. The van der Waals surface area contributed by atoms with Crippen LogP contribution in [0.2, 0.25) is 0 Å².